The van der Waals surface area contributed by atoms with Crippen molar-refractivity contribution in [2.75, 3.05) is 51.2 Å². The summed E-state index contributed by atoms with van der Waals surface area (Å²) < 4.78 is 16.2. The molecule has 1 fully saturated rings. The van der Waals surface area contributed by atoms with Crippen molar-refractivity contribution in [2.45, 2.75) is 12.5 Å². The molecule has 4 rings (SSSR count). The number of hydrogen-bond donors (Lipinski definition) is 3. The first-order chi connectivity index (χ1) is 15.5. The largest absolute Gasteiger partial charge is 0.495 e. The maximum atomic E-state index is 9.35. The molecule has 32 heavy (non-hydrogen) atoms. The zero-order chi connectivity index (χ0) is 22.7. The fourth-order valence-corrected chi connectivity index (χ4v) is 4.32. The first kappa shape index (κ1) is 22.7. The summed E-state index contributed by atoms with van der Waals surface area (Å²) in [5, 5.41) is 18.2. The quantitative estimate of drug-likeness (QED) is 0.442. The van der Waals surface area contributed by atoms with Crippen molar-refractivity contribution in [3.05, 3.63) is 34.4 Å². The summed E-state index contributed by atoms with van der Waals surface area (Å²) in [6.45, 7) is 1.68. The zero-order valence-electron chi connectivity index (χ0n) is 17.7. The number of fused-ring (bicyclic) bond motifs is 1. The van der Waals surface area contributed by atoms with Crippen LogP contribution in [0.1, 0.15) is 6.42 Å². The van der Waals surface area contributed by atoms with Crippen LogP contribution in [0.25, 0.3) is 22.0 Å². The first-order valence-electron chi connectivity index (χ1n) is 10.2. The Morgan fingerprint density at radius 1 is 1.16 bits per heavy atom. The van der Waals surface area contributed by atoms with E-state index in [1.165, 1.54) is 14.2 Å². The Balaban J connectivity index is 1.84. The van der Waals surface area contributed by atoms with Gasteiger partial charge in [0, 0.05) is 41.8 Å². The molecule has 1 aliphatic rings. The number of rotatable bonds is 8. The molecule has 8 nitrogen and oxygen atoms in total. The highest BCUT2D eigenvalue weighted by Gasteiger charge is 2.22. The maximum absolute atomic E-state index is 9.35. The van der Waals surface area contributed by atoms with Crippen molar-refractivity contribution in [3.8, 4) is 22.8 Å². The minimum Gasteiger partial charge on any atom is -0.495 e. The van der Waals surface area contributed by atoms with Crippen LogP contribution < -0.4 is 20.1 Å². The van der Waals surface area contributed by atoms with Crippen LogP contribution >= 0.6 is 23.2 Å². The van der Waals surface area contributed by atoms with Gasteiger partial charge in [-0.05, 0) is 18.6 Å². The summed E-state index contributed by atoms with van der Waals surface area (Å²) in [5.74, 6) is 2.15. The average Bonchev–Trinajstić information content (AvgIpc) is 3.31. The zero-order valence-corrected chi connectivity index (χ0v) is 19.3. The molecular weight excluding hydrogens is 455 g/mol. The van der Waals surface area contributed by atoms with Crippen LogP contribution in [0, 0.1) is 0 Å². The number of aliphatic hydroxyl groups excluding tert-OH is 1. The molecule has 1 saturated heterocycles. The van der Waals surface area contributed by atoms with Gasteiger partial charge in [-0.1, -0.05) is 23.2 Å². The minimum absolute atomic E-state index is 0.0441. The van der Waals surface area contributed by atoms with E-state index in [9.17, 15) is 5.11 Å². The molecule has 3 heterocycles. The van der Waals surface area contributed by atoms with E-state index in [1.54, 1.807) is 12.3 Å². The van der Waals surface area contributed by atoms with Gasteiger partial charge < -0.3 is 30.0 Å². The molecule has 10 heteroatoms. The topological polar surface area (TPSA) is 97.8 Å². The third-order valence-corrected chi connectivity index (χ3v) is 5.98. The normalized spacial score (nSPS) is 15.7. The lowest BCUT2D eigenvalue weighted by Gasteiger charge is -2.17. The van der Waals surface area contributed by atoms with E-state index >= 15 is 0 Å². The van der Waals surface area contributed by atoms with Gasteiger partial charge in [0.2, 0.25) is 0 Å². The predicted octanol–water partition coefficient (Wildman–Crippen LogP) is 4.23. The van der Waals surface area contributed by atoms with Gasteiger partial charge >= 0.3 is 0 Å². The second-order valence-electron chi connectivity index (χ2n) is 7.29. The summed E-state index contributed by atoms with van der Waals surface area (Å²) in [5.41, 5.74) is 1.01. The van der Waals surface area contributed by atoms with E-state index in [0.29, 0.717) is 51.8 Å². The molecule has 1 atom stereocenters. The van der Waals surface area contributed by atoms with Gasteiger partial charge in [-0.15, -0.1) is 0 Å². The van der Waals surface area contributed by atoms with E-state index in [2.05, 4.69) is 15.6 Å². The summed E-state index contributed by atoms with van der Waals surface area (Å²) in [4.78, 5) is 9.32. The Kier molecular flexibility index (Phi) is 7.05. The summed E-state index contributed by atoms with van der Waals surface area (Å²) >= 11 is 13.2. The van der Waals surface area contributed by atoms with E-state index in [-0.39, 0.29) is 12.6 Å². The Morgan fingerprint density at radius 3 is 2.53 bits per heavy atom. The molecule has 0 spiro atoms. The molecule has 0 amide bonds. The van der Waals surface area contributed by atoms with Gasteiger partial charge in [-0.25, -0.2) is 9.97 Å². The van der Waals surface area contributed by atoms with Crippen molar-refractivity contribution in [1.29, 1.82) is 0 Å². The van der Waals surface area contributed by atoms with Gasteiger partial charge in [0.15, 0.2) is 0 Å². The van der Waals surface area contributed by atoms with Gasteiger partial charge in [0.25, 0.3) is 0 Å². The monoisotopic (exact) mass is 478 g/mol. The fraction of sp³-hybridized carbons (Fsp3) is 0.364. The number of ether oxygens (including phenoxy) is 3. The standard InChI is InChI=1S/C22H24Cl2N4O4/c1-30-16-9-17(31-2)21(24)19(20(16)23)15-7-12-10-26-18(27-13-3-6-32-11-13)8-14(12)22(28-15)25-4-5-29/h7-10,13,29H,3-6,11H2,1-2H3,(H,25,28)(H,26,27). The van der Waals surface area contributed by atoms with Crippen LogP contribution in [-0.2, 0) is 4.74 Å². The first-order valence-corrected chi connectivity index (χ1v) is 10.9. The molecule has 1 aromatic carbocycles. The highest BCUT2D eigenvalue weighted by Crippen LogP contribution is 2.46. The van der Waals surface area contributed by atoms with E-state index in [1.807, 2.05) is 12.1 Å². The maximum Gasteiger partial charge on any atom is 0.141 e. The molecule has 0 radical (unpaired) electrons. The average molecular weight is 479 g/mol. The highest BCUT2D eigenvalue weighted by molar-refractivity contribution is 6.41. The van der Waals surface area contributed by atoms with Crippen molar-refractivity contribution < 1.29 is 19.3 Å². The molecule has 3 aromatic rings. The SMILES string of the molecule is COc1cc(OC)c(Cl)c(-c2cc3cnc(NC4CCOC4)cc3c(NCCO)n2)c1Cl. The number of aliphatic hydroxyl groups is 1. The number of halogens is 2. The Bertz CT molecular complexity index is 1090. The third-order valence-electron chi connectivity index (χ3n) is 5.23. The molecule has 3 N–H and O–H groups in total. The Hall–Kier alpha value is -2.52. The Labute approximate surface area is 195 Å². The second kappa shape index (κ2) is 9.95. The fourth-order valence-electron chi connectivity index (χ4n) is 3.63. The summed E-state index contributed by atoms with van der Waals surface area (Å²) in [6, 6.07) is 5.65. The van der Waals surface area contributed by atoms with Crippen LogP contribution in [0.5, 0.6) is 11.5 Å². The number of nitrogens with one attached hydrogen (secondary N) is 2. The van der Waals surface area contributed by atoms with Crippen LogP contribution in [-0.4, -0.2) is 61.7 Å². The van der Waals surface area contributed by atoms with Gasteiger partial charge in [-0.3, -0.25) is 0 Å². The number of nitrogens with zero attached hydrogens (tertiary/aromatic N) is 2. The molecule has 1 aliphatic heterocycles. The van der Waals surface area contributed by atoms with Crippen molar-refractivity contribution >= 4 is 45.6 Å². The van der Waals surface area contributed by atoms with Crippen LogP contribution in [0.15, 0.2) is 24.4 Å². The molecular formula is C22H24Cl2N4O4. The highest BCUT2D eigenvalue weighted by atomic mass is 35.5. The van der Waals surface area contributed by atoms with E-state index in [4.69, 9.17) is 42.4 Å². The van der Waals surface area contributed by atoms with E-state index in [0.717, 1.165) is 29.6 Å². The van der Waals surface area contributed by atoms with E-state index < -0.39 is 0 Å². The minimum atomic E-state index is -0.0441. The lowest BCUT2D eigenvalue weighted by atomic mass is 10.1. The summed E-state index contributed by atoms with van der Waals surface area (Å²) in [6.07, 6.45) is 2.70. The van der Waals surface area contributed by atoms with Crippen LogP contribution in [0.4, 0.5) is 11.6 Å². The number of pyridine rings is 2. The number of anilines is 2. The number of methoxy groups -OCH3 is 2. The van der Waals surface area contributed by atoms with Crippen molar-refractivity contribution in [3.63, 3.8) is 0 Å². The van der Waals surface area contributed by atoms with Gasteiger partial charge in [0.1, 0.15) is 23.1 Å². The van der Waals surface area contributed by atoms with Crippen molar-refractivity contribution in [1.82, 2.24) is 9.97 Å². The molecule has 170 valence electrons. The van der Waals surface area contributed by atoms with Gasteiger partial charge in [-0.2, -0.15) is 0 Å². The molecule has 2 aromatic heterocycles. The Morgan fingerprint density at radius 2 is 1.91 bits per heavy atom. The van der Waals surface area contributed by atoms with Crippen molar-refractivity contribution in [2.24, 2.45) is 0 Å². The smallest absolute Gasteiger partial charge is 0.141 e. The molecule has 0 saturated carbocycles. The number of hydrogen-bond acceptors (Lipinski definition) is 8. The number of benzene rings is 1. The third kappa shape index (κ3) is 4.49. The molecule has 1 unspecified atom stereocenters. The second-order valence-corrected chi connectivity index (χ2v) is 8.04. The predicted molar refractivity (Wildman–Crippen MR) is 127 cm³/mol. The van der Waals surface area contributed by atoms with Gasteiger partial charge in [0.05, 0.1) is 49.2 Å². The van der Waals surface area contributed by atoms with Crippen LogP contribution in [0.2, 0.25) is 10.0 Å². The number of aromatic nitrogens is 2. The lowest BCUT2D eigenvalue weighted by molar-refractivity contribution is 0.195. The van der Waals surface area contributed by atoms with Crippen LogP contribution in [0.3, 0.4) is 0 Å². The lowest BCUT2D eigenvalue weighted by Crippen LogP contribution is -2.19. The molecule has 0 bridgehead atoms. The molecule has 0 aliphatic carbocycles. The summed E-state index contributed by atoms with van der Waals surface area (Å²) in [7, 11) is 3.04.